The van der Waals surface area contributed by atoms with Gasteiger partial charge in [0, 0.05) is 24.0 Å². The summed E-state index contributed by atoms with van der Waals surface area (Å²) in [5, 5.41) is 3.24. The van der Waals surface area contributed by atoms with Crippen LogP contribution in [0, 0.1) is 5.92 Å². The molecule has 0 spiro atoms. The van der Waals surface area contributed by atoms with Crippen molar-refractivity contribution in [2.24, 2.45) is 11.8 Å². The zero-order chi connectivity index (χ0) is 11.2. The Morgan fingerprint density at radius 1 is 1.38 bits per heavy atom. The standard InChI is InChI=1S/C12H21N3S/c13-15-11(9-12-14-7-8-16-12)10-5-3-1-2-4-6-10/h7-8,10-11,15H,1-6,9,13H2. The van der Waals surface area contributed by atoms with Crippen LogP contribution in [0.15, 0.2) is 11.6 Å². The van der Waals surface area contributed by atoms with Crippen molar-refractivity contribution in [2.75, 3.05) is 0 Å². The minimum Gasteiger partial charge on any atom is -0.271 e. The average molecular weight is 239 g/mol. The van der Waals surface area contributed by atoms with Crippen molar-refractivity contribution in [3.8, 4) is 0 Å². The van der Waals surface area contributed by atoms with Gasteiger partial charge >= 0.3 is 0 Å². The molecule has 1 aliphatic carbocycles. The van der Waals surface area contributed by atoms with Crippen molar-refractivity contribution in [3.63, 3.8) is 0 Å². The third kappa shape index (κ3) is 3.27. The maximum Gasteiger partial charge on any atom is 0.0940 e. The second-order valence-corrected chi connectivity index (χ2v) is 5.63. The Kier molecular flexibility index (Phi) is 4.75. The SMILES string of the molecule is NNC(Cc1nccs1)C1CCCCCC1. The van der Waals surface area contributed by atoms with E-state index in [-0.39, 0.29) is 0 Å². The molecule has 16 heavy (non-hydrogen) atoms. The number of hydrogen-bond donors (Lipinski definition) is 2. The highest BCUT2D eigenvalue weighted by molar-refractivity contribution is 7.09. The smallest absolute Gasteiger partial charge is 0.0940 e. The molecule has 1 atom stereocenters. The number of thiazole rings is 1. The van der Waals surface area contributed by atoms with Crippen LogP contribution in [0.1, 0.15) is 43.5 Å². The van der Waals surface area contributed by atoms with E-state index in [1.54, 1.807) is 11.3 Å². The lowest BCUT2D eigenvalue weighted by Crippen LogP contribution is -2.42. The maximum atomic E-state index is 5.70. The number of nitrogens with zero attached hydrogens (tertiary/aromatic N) is 1. The summed E-state index contributed by atoms with van der Waals surface area (Å²) in [7, 11) is 0. The van der Waals surface area contributed by atoms with Crippen LogP contribution in [0.2, 0.25) is 0 Å². The number of nitrogens with two attached hydrogens (primary N) is 1. The fourth-order valence-electron chi connectivity index (χ4n) is 2.62. The zero-order valence-electron chi connectivity index (χ0n) is 9.69. The lowest BCUT2D eigenvalue weighted by atomic mass is 9.90. The van der Waals surface area contributed by atoms with Crippen molar-refractivity contribution in [3.05, 3.63) is 16.6 Å². The van der Waals surface area contributed by atoms with E-state index in [1.807, 2.05) is 11.6 Å². The largest absolute Gasteiger partial charge is 0.271 e. The molecule has 1 saturated carbocycles. The third-order valence-electron chi connectivity index (χ3n) is 3.56. The summed E-state index contributed by atoms with van der Waals surface area (Å²) in [5.74, 6) is 6.43. The number of rotatable bonds is 4. The first-order valence-corrected chi connectivity index (χ1v) is 7.12. The summed E-state index contributed by atoms with van der Waals surface area (Å²) in [4.78, 5) is 4.35. The number of hydrazine groups is 1. The van der Waals surface area contributed by atoms with E-state index in [9.17, 15) is 0 Å². The predicted molar refractivity (Wildman–Crippen MR) is 68.1 cm³/mol. The van der Waals surface area contributed by atoms with Gasteiger partial charge in [0.1, 0.15) is 0 Å². The van der Waals surface area contributed by atoms with Crippen LogP contribution in [-0.4, -0.2) is 11.0 Å². The summed E-state index contributed by atoms with van der Waals surface area (Å²) in [5.41, 5.74) is 3.00. The number of aromatic nitrogens is 1. The summed E-state index contributed by atoms with van der Waals surface area (Å²) >= 11 is 1.73. The summed E-state index contributed by atoms with van der Waals surface area (Å²) in [6, 6.07) is 0.407. The Morgan fingerprint density at radius 2 is 2.12 bits per heavy atom. The molecule has 1 aliphatic rings. The van der Waals surface area contributed by atoms with Gasteiger partial charge in [0.15, 0.2) is 0 Å². The Labute approximate surface area is 101 Å². The number of hydrogen-bond acceptors (Lipinski definition) is 4. The maximum absolute atomic E-state index is 5.70. The van der Waals surface area contributed by atoms with Gasteiger partial charge in [-0.1, -0.05) is 25.7 Å². The molecule has 1 unspecified atom stereocenters. The van der Waals surface area contributed by atoms with Crippen molar-refractivity contribution in [1.29, 1.82) is 0 Å². The summed E-state index contributed by atoms with van der Waals surface area (Å²) in [6.07, 6.45) is 11.0. The van der Waals surface area contributed by atoms with Gasteiger partial charge in [-0.25, -0.2) is 4.98 Å². The molecular weight excluding hydrogens is 218 g/mol. The molecule has 4 heteroatoms. The van der Waals surface area contributed by atoms with Crippen molar-refractivity contribution < 1.29 is 0 Å². The molecule has 3 nitrogen and oxygen atoms in total. The normalized spacial score (nSPS) is 20.6. The van der Waals surface area contributed by atoms with Gasteiger partial charge in [0.25, 0.3) is 0 Å². The molecule has 1 aromatic heterocycles. The highest BCUT2D eigenvalue weighted by Gasteiger charge is 2.22. The molecule has 3 N–H and O–H groups in total. The van der Waals surface area contributed by atoms with Crippen LogP contribution < -0.4 is 11.3 Å². The Bertz CT molecular complexity index is 278. The van der Waals surface area contributed by atoms with E-state index in [1.165, 1.54) is 43.5 Å². The molecule has 1 fully saturated rings. The van der Waals surface area contributed by atoms with Gasteiger partial charge in [-0.15, -0.1) is 11.3 Å². The van der Waals surface area contributed by atoms with E-state index in [4.69, 9.17) is 5.84 Å². The van der Waals surface area contributed by atoms with Crippen LogP contribution in [-0.2, 0) is 6.42 Å². The Morgan fingerprint density at radius 3 is 2.69 bits per heavy atom. The minimum atomic E-state index is 0.407. The molecule has 0 saturated heterocycles. The molecule has 90 valence electrons. The van der Waals surface area contributed by atoms with E-state index in [0.717, 1.165) is 12.3 Å². The topological polar surface area (TPSA) is 50.9 Å². The minimum absolute atomic E-state index is 0.407. The van der Waals surface area contributed by atoms with Gasteiger partial charge in [-0.3, -0.25) is 11.3 Å². The number of nitrogens with one attached hydrogen (secondary N) is 1. The Balaban J connectivity index is 1.92. The van der Waals surface area contributed by atoms with Crippen molar-refractivity contribution in [2.45, 2.75) is 51.0 Å². The van der Waals surface area contributed by atoms with Gasteiger partial charge in [-0.2, -0.15) is 0 Å². The van der Waals surface area contributed by atoms with Crippen LogP contribution in [0.3, 0.4) is 0 Å². The predicted octanol–water partition coefficient (Wildman–Crippen LogP) is 2.49. The second-order valence-electron chi connectivity index (χ2n) is 4.65. The lowest BCUT2D eigenvalue weighted by Gasteiger charge is -2.24. The highest BCUT2D eigenvalue weighted by atomic mass is 32.1. The summed E-state index contributed by atoms with van der Waals surface area (Å²) < 4.78 is 0. The van der Waals surface area contributed by atoms with Gasteiger partial charge in [-0.05, 0) is 18.8 Å². The first kappa shape index (κ1) is 12.0. The van der Waals surface area contributed by atoms with Crippen LogP contribution in [0.4, 0.5) is 0 Å². The Hall–Kier alpha value is -0.450. The van der Waals surface area contributed by atoms with Gasteiger partial charge < -0.3 is 0 Å². The first-order chi connectivity index (χ1) is 7.90. The molecule has 0 amide bonds. The van der Waals surface area contributed by atoms with Gasteiger partial charge in [0.05, 0.1) is 5.01 Å². The fourth-order valence-corrected chi connectivity index (χ4v) is 3.29. The molecule has 0 aromatic carbocycles. The average Bonchev–Trinajstić information content (AvgIpc) is 2.67. The quantitative estimate of drug-likeness (QED) is 0.482. The molecule has 0 bridgehead atoms. The van der Waals surface area contributed by atoms with E-state index in [0.29, 0.717) is 6.04 Å². The molecule has 1 heterocycles. The van der Waals surface area contributed by atoms with Crippen LogP contribution >= 0.6 is 11.3 Å². The molecular formula is C12H21N3S. The van der Waals surface area contributed by atoms with Crippen LogP contribution in [0.25, 0.3) is 0 Å². The molecule has 2 rings (SSSR count). The lowest BCUT2D eigenvalue weighted by molar-refractivity contribution is 0.320. The third-order valence-corrected chi connectivity index (χ3v) is 4.36. The van der Waals surface area contributed by atoms with Gasteiger partial charge in [0.2, 0.25) is 0 Å². The van der Waals surface area contributed by atoms with E-state index < -0.39 is 0 Å². The fraction of sp³-hybridized carbons (Fsp3) is 0.750. The first-order valence-electron chi connectivity index (χ1n) is 6.24. The van der Waals surface area contributed by atoms with Crippen LogP contribution in [0.5, 0.6) is 0 Å². The summed E-state index contributed by atoms with van der Waals surface area (Å²) in [6.45, 7) is 0. The van der Waals surface area contributed by atoms with Crippen molar-refractivity contribution >= 4 is 11.3 Å². The monoisotopic (exact) mass is 239 g/mol. The molecule has 0 aliphatic heterocycles. The van der Waals surface area contributed by atoms with E-state index in [2.05, 4.69) is 10.4 Å². The van der Waals surface area contributed by atoms with E-state index >= 15 is 0 Å². The molecule has 1 aromatic rings. The molecule has 0 radical (unpaired) electrons. The highest BCUT2D eigenvalue weighted by Crippen LogP contribution is 2.27. The zero-order valence-corrected chi connectivity index (χ0v) is 10.5. The van der Waals surface area contributed by atoms with Crippen molar-refractivity contribution in [1.82, 2.24) is 10.4 Å². The second kappa shape index (κ2) is 6.33.